The van der Waals surface area contributed by atoms with Crippen LogP contribution in [0.5, 0.6) is 5.88 Å². The second kappa shape index (κ2) is 6.26. The maximum atomic E-state index is 5.63. The number of aromatic nitrogens is 4. The predicted octanol–water partition coefficient (Wildman–Crippen LogP) is 0.644. The number of ether oxygens (including phenoxy) is 1. The second-order valence-corrected chi connectivity index (χ2v) is 4.08. The highest BCUT2D eigenvalue weighted by molar-refractivity contribution is 5.20. The fraction of sp³-hybridized carbons (Fsp3) is 0.417. The number of aryl methyl sites for hydroxylation is 1. The van der Waals surface area contributed by atoms with Gasteiger partial charge >= 0.3 is 0 Å². The van der Waals surface area contributed by atoms with Gasteiger partial charge in [-0.25, -0.2) is 10.4 Å². The zero-order valence-corrected chi connectivity index (χ0v) is 11.1. The van der Waals surface area contributed by atoms with Gasteiger partial charge in [-0.3, -0.25) is 5.84 Å². The third-order valence-electron chi connectivity index (χ3n) is 2.80. The van der Waals surface area contributed by atoms with Gasteiger partial charge in [0.2, 0.25) is 5.88 Å². The molecular formula is C12H18N6O. The van der Waals surface area contributed by atoms with Gasteiger partial charge in [0.1, 0.15) is 11.9 Å². The van der Waals surface area contributed by atoms with Gasteiger partial charge in [-0.2, -0.15) is 0 Å². The highest BCUT2D eigenvalue weighted by Gasteiger charge is 2.19. The number of hydrogen-bond acceptors (Lipinski definition) is 6. The van der Waals surface area contributed by atoms with Crippen LogP contribution in [0, 0.1) is 0 Å². The molecule has 1 atom stereocenters. The van der Waals surface area contributed by atoms with Gasteiger partial charge in [0.15, 0.2) is 0 Å². The average molecular weight is 262 g/mol. The summed E-state index contributed by atoms with van der Waals surface area (Å²) in [7, 11) is 1.55. The van der Waals surface area contributed by atoms with Gasteiger partial charge in [0.25, 0.3) is 0 Å². The molecule has 0 aliphatic heterocycles. The fourth-order valence-corrected chi connectivity index (χ4v) is 1.90. The lowest BCUT2D eigenvalue weighted by Gasteiger charge is -2.16. The van der Waals surface area contributed by atoms with E-state index in [0.717, 1.165) is 18.8 Å². The number of hydrazine groups is 1. The SMILES string of the molecule is CCCn1ccnc1C(NN)c1ccc(OC)nn1. The zero-order valence-electron chi connectivity index (χ0n) is 11.1. The molecule has 0 aliphatic carbocycles. The van der Waals surface area contributed by atoms with Crippen LogP contribution in [0.3, 0.4) is 0 Å². The minimum atomic E-state index is -0.292. The third kappa shape index (κ3) is 2.88. The second-order valence-electron chi connectivity index (χ2n) is 4.08. The summed E-state index contributed by atoms with van der Waals surface area (Å²) in [5.74, 6) is 6.92. The molecule has 0 aliphatic rings. The number of hydrogen-bond donors (Lipinski definition) is 2. The Bertz CT molecular complexity index is 509. The quantitative estimate of drug-likeness (QED) is 0.586. The first-order valence-corrected chi connectivity index (χ1v) is 6.15. The fourth-order valence-electron chi connectivity index (χ4n) is 1.90. The first-order valence-electron chi connectivity index (χ1n) is 6.15. The molecule has 0 saturated carbocycles. The largest absolute Gasteiger partial charge is 0.480 e. The molecule has 0 bridgehead atoms. The Balaban J connectivity index is 2.29. The standard InChI is InChI=1S/C12H18N6O/c1-3-7-18-8-6-14-12(18)11(15-13)9-4-5-10(19-2)17-16-9/h4-6,8,11,15H,3,7,13H2,1-2H3. The Hall–Kier alpha value is -1.99. The van der Waals surface area contributed by atoms with Gasteiger partial charge in [0.05, 0.1) is 12.8 Å². The van der Waals surface area contributed by atoms with Crippen LogP contribution in [0.4, 0.5) is 0 Å². The predicted molar refractivity (Wildman–Crippen MR) is 70.3 cm³/mol. The highest BCUT2D eigenvalue weighted by atomic mass is 16.5. The minimum Gasteiger partial charge on any atom is -0.480 e. The number of nitrogens with one attached hydrogen (secondary N) is 1. The van der Waals surface area contributed by atoms with E-state index < -0.39 is 0 Å². The van der Waals surface area contributed by atoms with Crippen molar-refractivity contribution in [2.24, 2.45) is 5.84 Å². The summed E-state index contributed by atoms with van der Waals surface area (Å²) in [6, 6.07) is 3.28. The van der Waals surface area contributed by atoms with E-state index in [0.29, 0.717) is 11.6 Å². The van der Waals surface area contributed by atoms with Gasteiger partial charge in [0, 0.05) is 25.0 Å². The number of imidazole rings is 1. The van der Waals surface area contributed by atoms with E-state index >= 15 is 0 Å². The summed E-state index contributed by atoms with van der Waals surface area (Å²) in [5, 5.41) is 8.05. The molecule has 2 heterocycles. The maximum Gasteiger partial charge on any atom is 0.233 e. The molecule has 2 aromatic rings. The van der Waals surface area contributed by atoms with Crippen molar-refractivity contribution in [3.63, 3.8) is 0 Å². The summed E-state index contributed by atoms with van der Waals surface area (Å²) in [6.45, 7) is 3.00. The molecule has 2 aromatic heterocycles. The Labute approximate surface area is 111 Å². The van der Waals surface area contributed by atoms with Crippen LogP contribution < -0.4 is 16.0 Å². The highest BCUT2D eigenvalue weighted by Crippen LogP contribution is 2.19. The van der Waals surface area contributed by atoms with Crippen molar-refractivity contribution < 1.29 is 4.74 Å². The molecule has 0 amide bonds. The van der Waals surface area contributed by atoms with E-state index in [1.807, 2.05) is 12.3 Å². The van der Waals surface area contributed by atoms with Crippen LogP contribution >= 0.6 is 0 Å². The molecule has 0 spiro atoms. The molecule has 1 unspecified atom stereocenters. The van der Waals surface area contributed by atoms with Crippen molar-refractivity contribution in [2.75, 3.05) is 7.11 Å². The molecule has 102 valence electrons. The number of nitrogens with zero attached hydrogens (tertiary/aromatic N) is 4. The van der Waals surface area contributed by atoms with E-state index in [1.54, 1.807) is 19.4 Å². The van der Waals surface area contributed by atoms with Crippen molar-refractivity contribution in [1.82, 2.24) is 25.2 Å². The Morgan fingerprint density at radius 3 is 2.84 bits per heavy atom. The van der Waals surface area contributed by atoms with Crippen molar-refractivity contribution in [1.29, 1.82) is 0 Å². The van der Waals surface area contributed by atoms with Gasteiger partial charge in [-0.1, -0.05) is 6.92 Å². The number of methoxy groups -OCH3 is 1. The molecule has 0 fully saturated rings. The van der Waals surface area contributed by atoms with Crippen LogP contribution in [0.25, 0.3) is 0 Å². The minimum absolute atomic E-state index is 0.292. The van der Waals surface area contributed by atoms with Crippen LogP contribution in [0.15, 0.2) is 24.5 Å². The van der Waals surface area contributed by atoms with Crippen LogP contribution in [-0.4, -0.2) is 26.9 Å². The lowest BCUT2D eigenvalue weighted by atomic mass is 10.2. The Kier molecular flexibility index (Phi) is 4.43. The molecule has 0 radical (unpaired) electrons. The van der Waals surface area contributed by atoms with Crippen LogP contribution in [0.2, 0.25) is 0 Å². The van der Waals surface area contributed by atoms with E-state index in [9.17, 15) is 0 Å². The maximum absolute atomic E-state index is 5.63. The molecular weight excluding hydrogens is 244 g/mol. The first-order chi connectivity index (χ1) is 9.30. The van der Waals surface area contributed by atoms with Crippen molar-refractivity contribution in [2.45, 2.75) is 25.9 Å². The molecule has 0 aromatic carbocycles. The van der Waals surface area contributed by atoms with Crippen molar-refractivity contribution in [3.05, 3.63) is 36.0 Å². The van der Waals surface area contributed by atoms with E-state index in [1.165, 1.54) is 0 Å². The van der Waals surface area contributed by atoms with E-state index in [2.05, 4.69) is 32.1 Å². The van der Waals surface area contributed by atoms with Gasteiger partial charge in [-0.05, 0) is 12.5 Å². The number of nitrogens with two attached hydrogens (primary N) is 1. The van der Waals surface area contributed by atoms with Crippen LogP contribution in [-0.2, 0) is 6.54 Å². The summed E-state index contributed by atoms with van der Waals surface area (Å²) in [5.41, 5.74) is 3.43. The molecule has 19 heavy (non-hydrogen) atoms. The Morgan fingerprint density at radius 2 is 2.26 bits per heavy atom. The van der Waals surface area contributed by atoms with Crippen molar-refractivity contribution in [3.8, 4) is 5.88 Å². The van der Waals surface area contributed by atoms with Gasteiger partial charge in [-0.15, -0.1) is 10.2 Å². The lowest BCUT2D eigenvalue weighted by Crippen LogP contribution is -2.32. The summed E-state index contributed by atoms with van der Waals surface area (Å²) < 4.78 is 7.04. The smallest absolute Gasteiger partial charge is 0.233 e. The molecule has 3 N–H and O–H groups in total. The lowest BCUT2D eigenvalue weighted by molar-refractivity contribution is 0.389. The average Bonchev–Trinajstić information content (AvgIpc) is 2.89. The third-order valence-corrected chi connectivity index (χ3v) is 2.80. The van der Waals surface area contributed by atoms with Gasteiger partial charge < -0.3 is 9.30 Å². The topological polar surface area (TPSA) is 90.9 Å². The number of rotatable bonds is 6. The molecule has 7 nitrogen and oxygen atoms in total. The summed E-state index contributed by atoms with van der Waals surface area (Å²) in [6.07, 6.45) is 4.71. The van der Waals surface area contributed by atoms with E-state index in [4.69, 9.17) is 10.6 Å². The molecule has 2 rings (SSSR count). The molecule has 0 saturated heterocycles. The zero-order chi connectivity index (χ0) is 13.7. The van der Waals surface area contributed by atoms with Crippen LogP contribution in [0.1, 0.15) is 30.9 Å². The molecule has 7 heteroatoms. The monoisotopic (exact) mass is 262 g/mol. The Morgan fingerprint density at radius 1 is 1.42 bits per heavy atom. The normalized spacial score (nSPS) is 12.4. The first kappa shape index (κ1) is 13.4. The summed E-state index contributed by atoms with van der Waals surface area (Å²) in [4.78, 5) is 4.35. The van der Waals surface area contributed by atoms with E-state index in [-0.39, 0.29) is 6.04 Å². The summed E-state index contributed by atoms with van der Waals surface area (Å²) >= 11 is 0. The van der Waals surface area contributed by atoms with Crippen molar-refractivity contribution >= 4 is 0 Å².